The molecule has 0 aliphatic heterocycles. The van der Waals surface area contributed by atoms with Crippen LogP contribution in [-0.2, 0) is 6.42 Å². The van der Waals surface area contributed by atoms with Crippen LogP contribution < -0.4 is 4.74 Å². The first-order chi connectivity index (χ1) is 9.52. The van der Waals surface area contributed by atoms with Crippen molar-refractivity contribution in [3.05, 3.63) is 62.6 Å². The lowest BCUT2D eigenvalue weighted by atomic mass is 9.99. The smallest absolute Gasteiger partial charge is 0.125 e. The van der Waals surface area contributed by atoms with E-state index < -0.39 is 6.10 Å². The molecule has 0 radical (unpaired) electrons. The van der Waals surface area contributed by atoms with E-state index in [-0.39, 0.29) is 0 Å². The maximum Gasteiger partial charge on any atom is 0.125 e. The predicted molar refractivity (Wildman–Crippen MR) is 85.5 cm³/mol. The Morgan fingerprint density at radius 2 is 2.00 bits per heavy atom. The molecule has 0 heterocycles. The molecule has 2 aromatic rings. The normalized spacial score (nSPS) is 12.2. The quantitative estimate of drug-likeness (QED) is 0.861. The van der Waals surface area contributed by atoms with Gasteiger partial charge in [0.25, 0.3) is 0 Å². The summed E-state index contributed by atoms with van der Waals surface area (Å²) >= 11 is 9.62. The number of methoxy groups -OCH3 is 1. The first-order valence-electron chi connectivity index (χ1n) is 6.28. The molecular weight excluding hydrogens is 340 g/mol. The molecule has 0 bridgehead atoms. The van der Waals surface area contributed by atoms with E-state index in [2.05, 4.69) is 15.9 Å². The van der Waals surface area contributed by atoms with Crippen molar-refractivity contribution in [3.63, 3.8) is 0 Å². The number of hydrogen-bond acceptors (Lipinski definition) is 2. The van der Waals surface area contributed by atoms with Gasteiger partial charge in [-0.05, 0) is 36.2 Å². The molecule has 0 saturated carbocycles. The molecule has 1 atom stereocenters. The number of ether oxygens (including phenoxy) is 1. The van der Waals surface area contributed by atoms with Crippen LogP contribution >= 0.6 is 27.5 Å². The molecule has 1 N–H and O–H groups in total. The Hall–Kier alpha value is -1.03. The van der Waals surface area contributed by atoms with Crippen LogP contribution in [0.15, 0.2) is 40.9 Å². The van der Waals surface area contributed by atoms with Crippen molar-refractivity contribution >= 4 is 27.5 Å². The fraction of sp³-hybridized carbons (Fsp3) is 0.250. The summed E-state index contributed by atoms with van der Waals surface area (Å²) in [5.74, 6) is 0.685. The largest absolute Gasteiger partial charge is 0.496 e. The maximum atomic E-state index is 10.5. The third-order valence-electron chi connectivity index (χ3n) is 3.24. The van der Waals surface area contributed by atoms with Gasteiger partial charge in [0.05, 0.1) is 13.2 Å². The summed E-state index contributed by atoms with van der Waals surface area (Å²) in [5, 5.41) is 11.1. The summed E-state index contributed by atoms with van der Waals surface area (Å²) in [6, 6.07) is 11.3. The molecule has 0 fully saturated rings. The average Bonchev–Trinajstić information content (AvgIpc) is 2.43. The first kappa shape index (κ1) is 15.4. The fourth-order valence-corrected chi connectivity index (χ4v) is 2.66. The number of benzene rings is 2. The number of hydrogen-bond donors (Lipinski definition) is 1. The van der Waals surface area contributed by atoms with Crippen LogP contribution in [-0.4, -0.2) is 12.2 Å². The Morgan fingerprint density at radius 1 is 1.30 bits per heavy atom. The topological polar surface area (TPSA) is 29.5 Å². The van der Waals surface area contributed by atoms with Gasteiger partial charge in [0, 0.05) is 21.5 Å². The van der Waals surface area contributed by atoms with Crippen molar-refractivity contribution in [2.45, 2.75) is 19.4 Å². The van der Waals surface area contributed by atoms with E-state index in [1.807, 2.05) is 43.3 Å². The highest BCUT2D eigenvalue weighted by atomic mass is 79.9. The number of halogens is 2. The monoisotopic (exact) mass is 354 g/mol. The van der Waals surface area contributed by atoms with Crippen molar-refractivity contribution in [2.24, 2.45) is 0 Å². The molecule has 0 aliphatic rings. The standard InChI is InChI=1S/C16H16BrClO2/c1-10-7-16(20-2)12(9-13(10)17)15(19)8-11-5-3-4-6-14(11)18/h3-7,9,15,19H,8H2,1-2H3. The Morgan fingerprint density at radius 3 is 2.65 bits per heavy atom. The first-order valence-corrected chi connectivity index (χ1v) is 7.45. The third kappa shape index (κ3) is 3.35. The molecule has 0 aromatic heterocycles. The van der Waals surface area contributed by atoms with Crippen molar-refractivity contribution in [3.8, 4) is 5.75 Å². The molecule has 2 rings (SSSR count). The van der Waals surface area contributed by atoms with E-state index in [0.717, 1.165) is 21.2 Å². The Bertz CT molecular complexity index is 613. The van der Waals surface area contributed by atoms with Crippen LogP contribution in [0.2, 0.25) is 5.02 Å². The van der Waals surface area contributed by atoms with E-state index in [4.69, 9.17) is 16.3 Å². The predicted octanol–water partition coefficient (Wildman–Crippen LogP) is 4.70. The summed E-state index contributed by atoms with van der Waals surface area (Å²) < 4.78 is 6.31. The van der Waals surface area contributed by atoms with Gasteiger partial charge in [-0.2, -0.15) is 0 Å². The molecule has 4 heteroatoms. The SMILES string of the molecule is COc1cc(C)c(Br)cc1C(O)Cc1ccccc1Cl. The second kappa shape index (κ2) is 6.61. The van der Waals surface area contributed by atoms with Gasteiger partial charge in [0.2, 0.25) is 0 Å². The minimum atomic E-state index is -0.665. The number of aliphatic hydroxyl groups is 1. The highest BCUT2D eigenvalue weighted by Crippen LogP contribution is 2.33. The van der Waals surface area contributed by atoms with Crippen LogP contribution in [0.1, 0.15) is 22.8 Å². The molecule has 1 unspecified atom stereocenters. The Labute approximate surface area is 132 Å². The van der Waals surface area contributed by atoms with E-state index in [9.17, 15) is 5.11 Å². The zero-order chi connectivity index (χ0) is 14.7. The number of aliphatic hydroxyl groups excluding tert-OH is 1. The third-order valence-corrected chi connectivity index (χ3v) is 4.46. The fourth-order valence-electron chi connectivity index (χ4n) is 2.09. The highest BCUT2D eigenvalue weighted by Gasteiger charge is 2.16. The van der Waals surface area contributed by atoms with Crippen LogP contribution in [0.4, 0.5) is 0 Å². The molecule has 0 spiro atoms. The lowest BCUT2D eigenvalue weighted by Crippen LogP contribution is -2.05. The Balaban J connectivity index is 2.32. The number of rotatable bonds is 4. The average molecular weight is 356 g/mol. The summed E-state index contributed by atoms with van der Waals surface area (Å²) in [6.07, 6.45) is -0.215. The van der Waals surface area contributed by atoms with Gasteiger partial charge in [-0.15, -0.1) is 0 Å². The van der Waals surface area contributed by atoms with Gasteiger partial charge in [-0.3, -0.25) is 0 Å². The van der Waals surface area contributed by atoms with Gasteiger partial charge < -0.3 is 9.84 Å². The van der Waals surface area contributed by atoms with E-state index in [1.54, 1.807) is 7.11 Å². The number of aryl methyl sites for hydroxylation is 1. The van der Waals surface area contributed by atoms with Gasteiger partial charge in [0.1, 0.15) is 5.75 Å². The lowest BCUT2D eigenvalue weighted by Gasteiger charge is -2.17. The molecule has 2 aromatic carbocycles. The van der Waals surface area contributed by atoms with E-state index >= 15 is 0 Å². The van der Waals surface area contributed by atoms with Gasteiger partial charge in [0.15, 0.2) is 0 Å². The van der Waals surface area contributed by atoms with Crippen molar-refractivity contribution in [1.82, 2.24) is 0 Å². The maximum absolute atomic E-state index is 10.5. The second-order valence-corrected chi connectivity index (χ2v) is 5.92. The highest BCUT2D eigenvalue weighted by molar-refractivity contribution is 9.10. The molecule has 20 heavy (non-hydrogen) atoms. The molecule has 2 nitrogen and oxygen atoms in total. The molecule has 0 aliphatic carbocycles. The van der Waals surface area contributed by atoms with Crippen molar-refractivity contribution < 1.29 is 9.84 Å². The van der Waals surface area contributed by atoms with Gasteiger partial charge in [-0.1, -0.05) is 45.7 Å². The van der Waals surface area contributed by atoms with Crippen molar-refractivity contribution in [1.29, 1.82) is 0 Å². The van der Waals surface area contributed by atoms with E-state index in [0.29, 0.717) is 17.2 Å². The van der Waals surface area contributed by atoms with Crippen LogP contribution in [0, 0.1) is 6.92 Å². The summed E-state index contributed by atoms with van der Waals surface area (Å²) in [4.78, 5) is 0. The van der Waals surface area contributed by atoms with Crippen molar-refractivity contribution in [2.75, 3.05) is 7.11 Å². The zero-order valence-electron chi connectivity index (χ0n) is 11.4. The summed E-state index contributed by atoms with van der Waals surface area (Å²) in [6.45, 7) is 1.98. The van der Waals surface area contributed by atoms with Gasteiger partial charge >= 0.3 is 0 Å². The van der Waals surface area contributed by atoms with Crippen LogP contribution in [0.25, 0.3) is 0 Å². The second-order valence-electron chi connectivity index (χ2n) is 4.65. The summed E-state index contributed by atoms with van der Waals surface area (Å²) in [5.41, 5.74) is 2.74. The van der Waals surface area contributed by atoms with E-state index in [1.165, 1.54) is 0 Å². The minimum Gasteiger partial charge on any atom is -0.496 e. The van der Waals surface area contributed by atoms with Gasteiger partial charge in [-0.25, -0.2) is 0 Å². The minimum absolute atomic E-state index is 0.450. The molecule has 0 amide bonds. The molecule has 106 valence electrons. The lowest BCUT2D eigenvalue weighted by molar-refractivity contribution is 0.174. The summed E-state index contributed by atoms with van der Waals surface area (Å²) in [7, 11) is 1.61. The zero-order valence-corrected chi connectivity index (χ0v) is 13.7. The van der Waals surface area contributed by atoms with Crippen LogP contribution in [0.3, 0.4) is 0 Å². The molecular formula is C16H16BrClO2. The van der Waals surface area contributed by atoms with Crippen LogP contribution in [0.5, 0.6) is 5.75 Å². The Kier molecular flexibility index (Phi) is 5.08. The molecule has 0 saturated heterocycles.